The Labute approximate surface area is 135 Å². The molecule has 1 aliphatic heterocycles. The van der Waals surface area contributed by atoms with Gasteiger partial charge in [-0.15, -0.1) is 0 Å². The van der Waals surface area contributed by atoms with Gasteiger partial charge in [0, 0.05) is 19.5 Å². The van der Waals surface area contributed by atoms with Crippen molar-refractivity contribution in [2.75, 3.05) is 6.54 Å². The van der Waals surface area contributed by atoms with E-state index in [-0.39, 0.29) is 11.1 Å². The SMILES string of the molecule is Cc1cc(S(=O)(=O)N2CCn3nc(C4CC4)nc3[C@H]2C)n(C)n1. The van der Waals surface area contributed by atoms with Crippen molar-refractivity contribution in [2.45, 2.75) is 50.2 Å². The molecule has 124 valence electrons. The smallest absolute Gasteiger partial charge is 0.256 e. The minimum Gasteiger partial charge on any atom is -0.256 e. The summed E-state index contributed by atoms with van der Waals surface area (Å²) in [6, 6.07) is 1.28. The molecule has 8 nitrogen and oxygen atoms in total. The number of rotatable bonds is 3. The van der Waals surface area contributed by atoms with Gasteiger partial charge in [0.1, 0.15) is 5.82 Å². The van der Waals surface area contributed by atoms with E-state index >= 15 is 0 Å². The Balaban J connectivity index is 1.71. The third-order valence-electron chi connectivity index (χ3n) is 4.53. The van der Waals surface area contributed by atoms with Gasteiger partial charge >= 0.3 is 0 Å². The van der Waals surface area contributed by atoms with Crippen molar-refractivity contribution in [3.63, 3.8) is 0 Å². The van der Waals surface area contributed by atoms with Crippen molar-refractivity contribution in [3.05, 3.63) is 23.4 Å². The average Bonchev–Trinajstić information content (AvgIpc) is 3.14. The fraction of sp³-hybridized carbons (Fsp3) is 0.643. The van der Waals surface area contributed by atoms with Gasteiger partial charge in [-0.2, -0.15) is 14.5 Å². The molecule has 0 amide bonds. The monoisotopic (exact) mass is 336 g/mol. The molecule has 2 aliphatic rings. The van der Waals surface area contributed by atoms with E-state index in [1.54, 1.807) is 20.0 Å². The van der Waals surface area contributed by atoms with E-state index in [1.165, 1.54) is 8.99 Å². The van der Waals surface area contributed by atoms with E-state index < -0.39 is 10.0 Å². The van der Waals surface area contributed by atoms with Crippen molar-refractivity contribution < 1.29 is 8.42 Å². The number of aryl methyl sites for hydroxylation is 2. The summed E-state index contributed by atoms with van der Waals surface area (Å²) in [7, 11) is -1.95. The zero-order valence-electron chi connectivity index (χ0n) is 13.5. The summed E-state index contributed by atoms with van der Waals surface area (Å²) in [6.07, 6.45) is 2.27. The van der Waals surface area contributed by atoms with E-state index in [1.807, 2.05) is 11.6 Å². The van der Waals surface area contributed by atoms with Gasteiger partial charge in [-0.05, 0) is 32.8 Å². The van der Waals surface area contributed by atoms with Gasteiger partial charge in [-0.1, -0.05) is 0 Å². The first-order valence-electron chi connectivity index (χ1n) is 7.85. The molecule has 9 heteroatoms. The lowest BCUT2D eigenvalue weighted by molar-refractivity contribution is 0.263. The van der Waals surface area contributed by atoms with Crippen LogP contribution in [0.3, 0.4) is 0 Å². The molecule has 0 aromatic carbocycles. The second kappa shape index (κ2) is 4.88. The predicted molar refractivity (Wildman–Crippen MR) is 82.2 cm³/mol. The Morgan fingerprint density at radius 2 is 1.96 bits per heavy atom. The summed E-state index contributed by atoms with van der Waals surface area (Å²) in [5.74, 6) is 2.06. The largest absolute Gasteiger partial charge is 0.260 e. The van der Waals surface area contributed by atoms with Crippen molar-refractivity contribution in [2.24, 2.45) is 7.05 Å². The topological polar surface area (TPSA) is 85.9 Å². The normalized spacial score (nSPS) is 22.3. The fourth-order valence-corrected chi connectivity index (χ4v) is 4.92. The summed E-state index contributed by atoms with van der Waals surface area (Å²) in [4.78, 5) is 4.60. The van der Waals surface area contributed by atoms with Gasteiger partial charge in [-0.3, -0.25) is 4.68 Å². The van der Waals surface area contributed by atoms with Crippen molar-refractivity contribution in [1.29, 1.82) is 0 Å². The number of nitrogens with zero attached hydrogens (tertiary/aromatic N) is 6. The third-order valence-corrected chi connectivity index (χ3v) is 6.56. The minimum atomic E-state index is -3.61. The lowest BCUT2D eigenvalue weighted by Gasteiger charge is -2.31. The molecule has 1 atom stereocenters. The molecule has 0 saturated heterocycles. The maximum absolute atomic E-state index is 13.0. The van der Waals surface area contributed by atoms with Crippen molar-refractivity contribution in [1.82, 2.24) is 28.9 Å². The van der Waals surface area contributed by atoms with Crippen molar-refractivity contribution in [3.8, 4) is 0 Å². The number of hydrogen-bond acceptors (Lipinski definition) is 5. The van der Waals surface area contributed by atoms with Gasteiger partial charge in [0.15, 0.2) is 10.9 Å². The van der Waals surface area contributed by atoms with Crippen LogP contribution in [0.2, 0.25) is 0 Å². The van der Waals surface area contributed by atoms with Crippen LogP contribution in [0.5, 0.6) is 0 Å². The van der Waals surface area contributed by atoms with Crippen LogP contribution in [0.1, 0.15) is 49.1 Å². The standard InChI is InChI=1S/C14H20N6O2S/c1-9-8-12(18(3)16-9)23(21,22)20-7-6-19-14(10(20)2)15-13(17-19)11-4-5-11/h8,10-11H,4-7H2,1-3H3/t10-/m1/s1. The highest BCUT2D eigenvalue weighted by Crippen LogP contribution is 2.39. The molecular weight excluding hydrogens is 316 g/mol. The minimum absolute atomic E-state index is 0.220. The Morgan fingerprint density at radius 1 is 1.22 bits per heavy atom. The second-order valence-electron chi connectivity index (χ2n) is 6.36. The summed E-state index contributed by atoms with van der Waals surface area (Å²) in [6.45, 7) is 4.60. The summed E-state index contributed by atoms with van der Waals surface area (Å²) >= 11 is 0. The van der Waals surface area contributed by atoms with Crippen LogP contribution >= 0.6 is 0 Å². The van der Waals surface area contributed by atoms with Crippen LogP contribution in [-0.2, 0) is 23.6 Å². The first kappa shape index (κ1) is 14.8. The number of fused-ring (bicyclic) bond motifs is 1. The lowest BCUT2D eigenvalue weighted by Crippen LogP contribution is -2.42. The van der Waals surface area contributed by atoms with E-state index in [2.05, 4.69) is 15.2 Å². The highest BCUT2D eigenvalue weighted by molar-refractivity contribution is 7.89. The molecule has 1 saturated carbocycles. The lowest BCUT2D eigenvalue weighted by atomic mass is 10.2. The maximum atomic E-state index is 13.0. The predicted octanol–water partition coefficient (Wildman–Crippen LogP) is 0.963. The quantitative estimate of drug-likeness (QED) is 0.833. The highest BCUT2D eigenvalue weighted by Gasteiger charge is 2.39. The summed E-state index contributed by atoms with van der Waals surface area (Å²) in [5.41, 5.74) is 0.690. The van der Waals surface area contributed by atoms with Crippen LogP contribution in [0, 0.1) is 6.92 Å². The number of aromatic nitrogens is 5. The van der Waals surface area contributed by atoms with Gasteiger partial charge in [0.05, 0.1) is 18.3 Å². The van der Waals surface area contributed by atoms with E-state index in [4.69, 9.17) is 0 Å². The molecule has 0 bridgehead atoms. The molecule has 0 N–H and O–H groups in total. The molecule has 2 aromatic heterocycles. The third kappa shape index (κ3) is 2.29. The van der Waals surface area contributed by atoms with Gasteiger partial charge in [0.2, 0.25) is 0 Å². The van der Waals surface area contributed by atoms with Gasteiger partial charge in [-0.25, -0.2) is 18.1 Å². The van der Waals surface area contributed by atoms with Crippen LogP contribution in [-0.4, -0.2) is 43.8 Å². The summed E-state index contributed by atoms with van der Waals surface area (Å²) in [5, 5.41) is 8.92. The van der Waals surface area contributed by atoms with Crippen LogP contribution in [0.4, 0.5) is 0 Å². The van der Waals surface area contributed by atoms with Crippen molar-refractivity contribution >= 4 is 10.0 Å². The van der Waals surface area contributed by atoms with E-state index in [0.717, 1.165) is 24.5 Å². The van der Waals surface area contributed by atoms with Gasteiger partial charge < -0.3 is 0 Å². The fourth-order valence-electron chi connectivity index (χ4n) is 3.15. The first-order chi connectivity index (χ1) is 10.9. The van der Waals surface area contributed by atoms with Gasteiger partial charge in [0.25, 0.3) is 10.0 Å². The molecule has 0 spiro atoms. The highest BCUT2D eigenvalue weighted by atomic mass is 32.2. The Bertz CT molecular complexity index is 864. The van der Waals surface area contributed by atoms with E-state index in [0.29, 0.717) is 24.7 Å². The van der Waals surface area contributed by atoms with Crippen LogP contribution in [0.15, 0.2) is 11.1 Å². The zero-order valence-corrected chi connectivity index (χ0v) is 14.3. The average molecular weight is 336 g/mol. The first-order valence-corrected chi connectivity index (χ1v) is 9.29. The number of hydrogen-bond donors (Lipinski definition) is 0. The van der Waals surface area contributed by atoms with Crippen LogP contribution in [0.25, 0.3) is 0 Å². The maximum Gasteiger partial charge on any atom is 0.260 e. The molecule has 2 aromatic rings. The molecule has 23 heavy (non-hydrogen) atoms. The van der Waals surface area contributed by atoms with E-state index in [9.17, 15) is 8.42 Å². The summed E-state index contributed by atoms with van der Waals surface area (Å²) < 4.78 is 30.8. The Hall–Kier alpha value is -1.74. The number of sulfonamides is 1. The Kier molecular flexibility index (Phi) is 3.14. The molecule has 0 unspecified atom stereocenters. The molecule has 1 fully saturated rings. The molecule has 3 heterocycles. The molecule has 1 aliphatic carbocycles. The molecule has 4 rings (SSSR count). The Morgan fingerprint density at radius 3 is 2.57 bits per heavy atom. The zero-order chi connectivity index (χ0) is 16.4. The van der Waals surface area contributed by atoms with Crippen LogP contribution < -0.4 is 0 Å². The second-order valence-corrected chi connectivity index (χ2v) is 8.20. The molecular formula is C14H20N6O2S. The molecule has 0 radical (unpaired) electrons.